The molecule has 0 aliphatic heterocycles. The Kier molecular flexibility index (Phi) is 4.40. The van der Waals surface area contributed by atoms with E-state index in [0.717, 1.165) is 27.8 Å². The Morgan fingerprint density at radius 3 is 2.24 bits per heavy atom. The molecule has 2 rings (SSSR count). The van der Waals surface area contributed by atoms with Crippen molar-refractivity contribution in [3.63, 3.8) is 0 Å². The Balaban J connectivity index is 2.15. The molecule has 0 saturated carbocycles. The lowest BCUT2D eigenvalue weighted by molar-refractivity contribution is -0.137. The van der Waals surface area contributed by atoms with Gasteiger partial charge in [0.05, 0.1) is 5.56 Å². The maximum Gasteiger partial charge on any atom is 0.416 e. The van der Waals surface area contributed by atoms with Crippen LogP contribution in [0.1, 0.15) is 11.1 Å². The highest BCUT2D eigenvalue weighted by Crippen LogP contribution is 2.29. The monoisotopic (exact) mass is 335 g/mol. The average molecular weight is 335 g/mol. The summed E-state index contributed by atoms with van der Waals surface area (Å²) < 4.78 is 63.0. The quantitative estimate of drug-likeness (QED) is 0.856. The molecule has 21 heavy (non-hydrogen) atoms. The van der Waals surface area contributed by atoms with Gasteiger partial charge in [0.2, 0.25) is 0 Å². The summed E-state index contributed by atoms with van der Waals surface area (Å²) in [7, 11) is -2.21. The molecule has 0 bridgehead atoms. The van der Waals surface area contributed by atoms with E-state index >= 15 is 0 Å². The average Bonchev–Trinajstić information content (AvgIpc) is 2.92. The largest absolute Gasteiger partial charge is 0.416 e. The van der Waals surface area contributed by atoms with E-state index in [0.29, 0.717) is 5.56 Å². The van der Waals surface area contributed by atoms with Gasteiger partial charge in [-0.15, -0.1) is 11.3 Å². The molecule has 0 amide bonds. The predicted molar refractivity (Wildman–Crippen MR) is 74.4 cm³/mol. The molecule has 0 aliphatic rings. The van der Waals surface area contributed by atoms with Crippen LogP contribution in [0.15, 0.2) is 46.0 Å². The summed E-state index contributed by atoms with van der Waals surface area (Å²) in [6.07, 6.45) is -4.40. The Morgan fingerprint density at radius 1 is 1.14 bits per heavy atom. The fourth-order valence-corrected chi connectivity index (χ4v) is 4.07. The van der Waals surface area contributed by atoms with Crippen LogP contribution in [-0.2, 0) is 22.7 Å². The third-order valence-electron chi connectivity index (χ3n) is 2.85. The molecule has 8 heteroatoms. The zero-order valence-electron chi connectivity index (χ0n) is 11.0. The lowest BCUT2D eigenvalue weighted by atomic mass is 10.1. The number of hydrogen-bond donors (Lipinski definition) is 0. The predicted octanol–water partition coefficient (Wildman–Crippen LogP) is 3.59. The first kappa shape index (κ1) is 16.0. The minimum atomic E-state index is -4.40. The Labute approximate surface area is 124 Å². The zero-order chi connectivity index (χ0) is 15.7. The Hall–Kier alpha value is -1.38. The zero-order valence-corrected chi connectivity index (χ0v) is 12.6. The van der Waals surface area contributed by atoms with Crippen LogP contribution >= 0.6 is 11.3 Å². The third-order valence-corrected chi connectivity index (χ3v) is 6.02. The molecule has 114 valence electrons. The molecule has 1 aromatic carbocycles. The SMILES string of the molecule is CN(Cc1ccc(C(F)(F)F)cc1)S(=O)(=O)c1cccs1. The highest BCUT2D eigenvalue weighted by molar-refractivity contribution is 7.91. The molecular formula is C13H12F3NO2S2. The number of benzene rings is 1. The molecule has 0 saturated heterocycles. The molecule has 0 fully saturated rings. The van der Waals surface area contributed by atoms with Crippen LogP contribution in [0.25, 0.3) is 0 Å². The maximum atomic E-state index is 12.5. The van der Waals surface area contributed by atoms with Gasteiger partial charge in [-0.1, -0.05) is 18.2 Å². The molecule has 1 heterocycles. The molecule has 0 radical (unpaired) electrons. The summed E-state index contributed by atoms with van der Waals surface area (Å²) in [6.45, 7) is 0.0123. The van der Waals surface area contributed by atoms with Crippen LogP contribution in [0.4, 0.5) is 13.2 Å². The second-order valence-electron chi connectivity index (χ2n) is 4.39. The van der Waals surface area contributed by atoms with Crippen LogP contribution in [-0.4, -0.2) is 19.8 Å². The molecule has 3 nitrogen and oxygen atoms in total. The summed E-state index contributed by atoms with van der Waals surface area (Å²) in [5.41, 5.74) is -0.263. The molecule has 0 aliphatic carbocycles. The van der Waals surface area contributed by atoms with Gasteiger partial charge in [0.25, 0.3) is 10.0 Å². The van der Waals surface area contributed by atoms with Crippen molar-refractivity contribution in [3.8, 4) is 0 Å². The first-order chi connectivity index (χ1) is 9.71. The van der Waals surface area contributed by atoms with Crippen molar-refractivity contribution in [2.45, 2.75) is 16.9 Å². The summed E-state index contributed by atoms with van der Waals surface area (Å²) in [5.74, 6) is 0. The van der Waals surface area contributed by atoms with Crippen molar-refractivity contribution < 1.29 is 21.6 Å². The second-order valence-corrected chi connectivity index (χ2v) is 7.61. The summed E-state index contributed by atoms with van der Waals surface area (Å²) in [6, 6.07) is 7.57. The number of sulfonamides is 1. The highest BCUT2D eigenvalue weighted by atomic mass is 32.2. The van der Waals surface area contributed by atoms with Crippen molar-refractivity contribution in [1.29, 1.82) is 0 Å². The van der Waals surface area contributed by atoms with Crippen molar-refractivity contribution >= 4 is 21.4 Å². The minimum Gasteiger partial charge on any atom is -0.206 e. The molecule has 1 aromatic heterocycles. The maximum absolute atomic E-state index is 12.5. The van der Waals surface area contributed by atoms with Crippen molar-refractivity contribution in [2.24, 2.45) is 0 Å². The standard InChI is InChI=1S/C13H12F3NO2S2/c1-17(21(18,19)12-3-2-8-20-12)9-10-4-6-11(7-5-10)13(14,15)16/h2-8H,9H2,1H3. The fraction of sp³-hybridized carbons (Fsp3) is 0.231. The molecule has 2 aromatic rings. The van der Waals surface area contributed by atoms with Gasteiger partial charge >= 0.3 is 6.18 Å². The van der Waals surface area contributed by atoms with E-state index in [9.17, 15) is 21.6 Å². The van der Waals surface area contributed by atoms with Crippen LogP contribution < -0.4 is 0 Å². The number of hydrogen-bond acceptors (Lipinski definition) is 3. The van der Waals surface area contributed by atoms with Gasteiger partial charge in [-0.3, -0.25) is 0 Å². The molecular weight excluding hydrogens is 323 g/mol. The number of thiophene rings is 1. The summed E-state index contributed by atoms with van der Waals surface area (Å²) >= 11 is 1.10. The van der Waals surface area contributed by atoms with E-state index in [4.69, 9.17) is 0 Å². The molecule has 0 N–H and O–H groups in total. The van der Waals surface area contributed by atoms with Gasteiger partial charge in [-0.25, -0.2) is 8.42 Å². The number of alkyl halides is 3. The molecule has 0 atom stereocenters. The van der Waals surface area contributed by atoms with Gasteiger partial charge in [-0.05, 0) is 29.1 Å². The molecule has 0 unspecified atom stereocenters. The van der Waals surface area contributed by atoms with Crippen LogP contribution in [0.3, 0.4) is 0 Å². The molecule has 0 spiro atoms. The van der Waals surface area contributed by atoms with Crippen LogP contribution in [0.5, 0.6) is 0 Å². The van der Waals surface area contributed by atoms with Gasteiger partial charge in [0, 0.05) is 13.6 Å². The summed E-state index contributed by atoms with van der Waals surface area (Å²) in [4.78, 5) is 0. The van der Waals surface area contributed by atoms with E-state index in [1.807, 2.05) is 0 Å². The van der Waals surface area contributed by atoms with E-state index in [-0.39, 0.29) is 10.8 Å². The number of nitrogens with zero attached hydrogens (tertiary/aromatic N) is 1. The first-order valence-corrected chi connectivity index (χ1v) is 8.19. The number of rotatable bonds is 4. The Bertz CT molecular complexity index is 692. The van der Waals surface area contributed by atoms with Gasteiger partial charge < -0.3 is 0 Å². The second kappa shape index (κ2) is 5.78. The van der Waals surface area contributed by atoms with Gasteiger partial charge in [0.1, 0.15) is 4.21 Å². The topological polar surface area (TPSA) is 37.4 Å². The summed E-state index contributed by atoms with van der Waals surface area (Å²) in [5, 5.41) is 1.65. The lowest BCUT2D eigenvalue weighted by Gasteiger charge is -2.16. The van der Waals surface area contributed by atoms with Gasteiger partial charge in [-0.2, -0.15) is 17.5 Å². The smallest absolute Gasteiger partial charge is 0.206 e. The van der Waals surface area contributed by atoms with E-state index in [2.05, 4.69) is 0 Å². The Morgan fingerprint density at radius 2 is 1.76 bits per heavy atom. The van der Waals surface area contributed by atoms with Crippen molar-refractivity contribution in [2.75, 3.05) is 7.05 Å². The highest BCUT2D eigenvalue weighted by Gasteiger charge is 2.30. The first-order valence-electron chi connectivity index (χ1n) is 5.87. The third kappa shape index (κ3) is 3.63. The lowest BCUT2D eigenvalue weighted by Crippen LogP contribution is -2.25. The fourth-order valence-electron chi connectivity index (χ4n) is 1.71. The number of halogens is 3. The van der Waals surface area contributed by atoms with Crippen molar-refractivity contribution in [3.05, 3.63) is 52.9 Å². The van der Waals surface area contributed by atoms with E-state index in [1.54, 1.807) is 11.4 Å². The van der Waals surface area contributed by atoms with E-state index < -0.39 is 21.8 Å². The van der Waals surface area contributed by atoms with Gasteiger partial charge in [0.15, 0.2) is 0 Å². The van der Waals surface area contributed by atoms with Crippen molar-refractivity contribution in [1.82, 2.24) is 4.31 Å². The van der Waals surface area contributed by atoms with Crippen LogP contribution in [0, 0.1) is 0 Å². The van der Waals surface area contributed by atoms with E-state index in [1.165, 1.54) is 25.2 Å². The minimum absolute atomic E-state index is 0.0123. The normalized spacial score (nSPS) is 12.8. The van der Waals surface area contributed by atoms with Crippen LogP contribution in [0.2, 0.25) is 0 Å².